The van der Waals surface area contributed by atoms with Crippen LogP contribution in [0.3, 0.4) is 0 Å². The minimum atomic E-state index is 0.00908. The number of esters is 1. The Hall–Kier alpha value is -2.13. The van der Waals surface area contributed by atoms with Crippen molar-refractivity contribution in [1.29, 1.82) is 0 Å². The first-order chi connectivity index (χ1) is 14.7. The van der Waals surface area contributed by atoms with E-state index in [2.05, 4.69) is 53.5 Å². The van der Waals surface area contributed by atoms with E-state index < -0.39 is 0 Å². The average Bonchev–Trinajstić information content (AvgIpc) is 3.09. The summed E-state index contributed by atoms with van der Waals surface area (Å²) in [6.07, 6.45) is 17.4. The van der Waals surface area contributed by atoms with Crippen LogP contribution in [-0.2, 0) is 16.0 Å². The molecule has 3 aliphatic carbocycles. The lowest BCUT2D eigenvalue weighted by molar-refractivity contribution is -0.149. The number of likely N-dealkylation sites (tertiary alicyclic amines) is 1. The Kier molecular flexibility index (Phi) is 5.41. The van der Waals surface area contributed by atoms with E-state index in [1.54, 1.807) is 5.57 Å². The predicted octanol–water partition coefficient (Wildman–Crippen LogP) is 5.33. The van der Waals surface area contributed by atoms with Gasteiger partial charge in [-0.3, -0.25) is 4.79 Å². The number of fused-ring (bicyclic) bond motifs is 2. The average molecular weight is 404 g/mol. The molecule has 2 fully saturated rings. The molecule has 3 heteroatoms. The first-order valence-corrected chi connectivity index (χ1v) is 11.8. The third kappa shape index (κ3) is 3.69. The molecule has 158 valence electrons. The van der Waals surface area contributed by atoms with Crippen LogP contribution in [0.2, 0.25) is 0 Å². The zero-order valence-corrected chi connectivity index (χ0v) is 18.1. The van der Waals surface area contributed by atoms with E-state index in [4.69, 9.17) is 4.74 Å². The number of allylic oxidation sites excluding steroid dienone is 6. The summed E-state index contributed by atoms with van der Waals surface area (Å²) in [5, 5.41) is 0. The quantitative estimate of drug-likeness (QED) is 0.639. The van der Waals surface area contributed by atoms with Crippen molar-refractivity contribution in [2.75, 3.05) is 19.7 Å². The van der Waals surface area contributed by atoms with Crippen LogP contribution in [0, 0.1) is 11.3 Å². The van der Waals surface area contributed by atoms with Crippen LogP contribution in [0.4, 0.5) is 0 Å². The molecule has 5 rings (SSSR count). The van der Waals surface area contributed by atoms with Gasteiger partial charge in [-0.05, 0) is 92.6 Å². The number of hydrogen-bond acceptors (Lipinski definition) is 3. The van der Waals surface area contributed by atoms with Gasteiger partial charge < -0.3 is 9.64 Å². The van der Waals surface area contributed by atoms with Gasteiger partial charge in [0.1, 0.15) is 0 Å². The van der Waals surface area contributed by atoms with Gasteiger partial charge in [-0.2, -0.15) is 0 Å². The summed E-state index contributed by atoms with van der Waals surface area (Å²) in [4.78, 5) is 14.7. The maximum atomic E-state index is 12.1. The van der Waals surface area contributed by atoms with Crippen molar-refractivity contribution in [2.45, 2.75) is 57.9 Å². The maximum absolute atomic E-state index is 12.1. The van der Waals surface area contributed by atoms with E-state index in [-0.39, 0.29) is 11.9 Å². The third-order valence-electron chi connectivity index (χ3n) is 7.75. The lowest BCUT2D eigenvalue weighted by Gasteiger charge is -2.37. The molecule has 1 aromatic rings. The van der Waals surface area contributed by atoms with E-state index in [0.29, 0.717) is 18.1 Å². The van der Waals surface area contributed by atoms with Crippen LogP contribution in [0.15, 0.2) is 54.1 Å². The van der Waals surface area contributed by atoms with E-state index in [9.17, 15) is 4.79 Å². The van der Waals surface area contributed by atoms with Crippen molar-refractivity contribution >= 4 is 11.5 Å². The molecule has 2 unspecified atom stereocenters. The fraction of sp³-hybridized carbons (Fsp3) is 0.519. The van der Waals surface area contributed by atoms with Crippen molar-refractivity contribution in [2.24, 2.45) is 11.3 Å². The number of rotatable bonds is 3. The van der Waals surface area contributed by atoms with Gasteiger partial charge in [0.25, 0.3) is 0 Å². The highest BCUT2D eigenvalue weighted by atomic mass is 16.5. The molecule has 3 nitrogen and oxygen atoms in total. The first kappa shape index (κ1) is 19.8. The van der Waals surface area contributed by atoms with E-state index in [1.807, 2.05) is 6.92 Å². The van der Waals surface area contributed by atoms with Gasteiger partial charge in [-0.25, -0.2) is 0 Å². The molecular formula is C27H33NO2. The molecule has 1 saturated carbocycles. The fourth-order valence-corrected chi connectivity index (χ4v) is 6.10. The second-order valence-corrected chi connectivity index (χ2v) is 9.53. The molecule has 1 aliphatic heterocycles. The second kappa shape index (κ2) is 8.19. The van der Waals surface area contributed by atoms with Gasteiger partial charge in [0.05, 0.1) is 12.5 Å². The standard InChI is InChI=1S/C27H33NO2/c1-2-30-26(29)22-12-16-28(17-13-22)23-11-15-27(18-23)14-10-21-8-5-7-20-6-3-4-9-24(20)25(21)19-27/h3-6,8-10,14,22-23H,2,7,11-13,15-19H2,1H3. The molecule has 1 saturated heterocycles. The summed E-state index contributed by atoms with van der Waals surface area (Å²) >= 11 is 0. The number of benzene rings is 1. The highest BCUT2D eigenvalue weighted by molar-refractivity contribution is 5.78. The lowest BCUT2D eigenvalue weighted by atomic mass is 9.73. The molecule has 4 aliphatic rings. The van der Waals surface area contributed by atoms with E-state index >= 15 is 0 Å². The molecule has 0 bridgehead atoms. The van der Waals surface area contributed by atoms with Crippen molar-refractivity contribution in [3.63, 3.8) is 0 Å². The Morgan fingerprint density at radius 2 is 2.00 bits per heavy atom. The van der Waals surface area contributed by atoms with Crippen molar-refractivity contribution < 1.29 is 9.53 Å². The Morgan fingerprint density at radius 3 is 2.83 bits per heavy atom. The van der Waals surface area contributed by atoms with Gasteiger partial charge in [-0.1, -0.05) is 48.6 Å². The smallest absolute Gasteiger partial charge is 0.309 e. The largest absolute Gasteiger partial charge is 0.466 e. The van der Waals surface area contributed by atoms with Crippen molar-refractivity contribution in [1.82, 2.24) is 4.90 Å². The molecular weight excluding hydrogens is 370 g/mol. The number of piperidine rings is 1. The van der Waals surface area contributed by atoms with E-state index in [0.717, 1.165) is 38.8 Å². The minimum Gasteiger partial charge on any atom is -0.466 e. The molecule has 0 N–H and O–H groups in total. The summed E-state index contributed by atoms with van der Waals surface area (Å²) in [6, 6.07) is 9.60. The first-order valence-electron chi connectivity index (χ1n) is 11.8. The summed E-state index contributed by atoms with van der Waals surface area (Å²) in [5.74, 6) is 0.114. The molecule has 1 heterocycles. The minimum absolute atomic E-state index is 0.00908. The monoisotopic (exact) mass is 403 g/mol. The van der Waals surface area contributed by atoms with Crippen molar-refractivity contribution in [3.8, 4) is 0 Å². The summed E-state index contributed by atoms with van der Waals surface area (Å²) < 4.78 is 5.24. The number of ether oxygens (including phenoxy) is 1. The van der Waals surface area contributed by atoms with Crippen LogP contribution < -0.4 is 0 Å². The Morgan fingerprint density at radius 1 is 1.17 bits per heavy atom. The predicted molar refractivity (Wildman–Crippen MR) is 121 cm³/mol. The lowest BCUT2D eigenvalue weighted by Crippen LogP contribution is -2.42. The number of hydrogen-bond donors (Lipinski definition) is 0. The van der Waals surface area contributed by atoms with Crippen LogP contribution in [-0.4, -0.2) is 36.6 Å². The van der Waals surface area contributed by atoms with Gasteiger partial charge >= 0.3 is 5.97 Å². The molecule has 0 amide bonds. The summed E-state index contributed by atoms with van der Waals surface area (Å²) in [5.41, 5.74) is 6.17. The van der Waals surface area contributed by atoms with Crippen LogP contribution in [0.1, 0.15) is 56.6 Å². The van der Waals surface area contributed by atoms with Gasteiger partial charge in [0.2, 0.25) is 0 Å². The zero-order valence-electron chi connectivity index (χ0n) is 18.1. The molecule has 30 heavy (non-hydrogen) atoms. The highest BCUT2D eigenvalue weighted by Crippen LogP contribution is 2.51. The maximum Gasteiger partial charge on any atom is 0.309 e. The summed E-state index contributed by atoms with van der Waals surface area (Å²) in [7, 11) is 0. The molecule has 0 radical (unpaired) electrons. The number of carbonyl (C=O) groups is 1. The van der Waals surface area contributed by atoms with Gasteiger partial charge in [0, 0.05) is 6.04 Å². The zero-order chi connectivity index (χ0) is 20.6. The molecule has 2 atom stereocenters. The number of nitrogens with zero attached hydrogens (tertiary/aromatic N) is 1. The van der Waals surface area contributed by atoms with Crippen molar-refractivity contribution in [3.05, 3.63) is 65.3 Å². The second-order valence-electron chi connectivity index (χ2n) is 9.53. The Balaban J connectivity index is 1.27. The topological polar surface area (TPSA) is 29.5 Å². The molecule has 1 spiro atoms. The fourth-order valence-electron chi connectivity index (χ4n) is 6.10. The van der Waals surface area contributed by atoms with Crippen LogP contribution in [0.25, 0.3) is 5.57 Å². The van der Waals surface area contributed by atoms with E-state index in [1.165, 1.54) is 36.0 Å². The Labute approximate surface area is 180 Å². The van der Waals surface area contributed by atoms with Crippen LogP contribution in [0.5, 0.6) is 0 Å². The van der Waals surface area contributed by atoms with Gasteiger partial charge in [0.15, 0.2) is 0 Å². The molecule has 0 aromatic heterocycles. The number of carbonyl (C=O) groups excluding carboxylic acids is 1. The highest BCUT2D eigenvalue weighted by Gasteiger charge is 2.42. The normalized spacial score (nSPS) is 29.0. The SMILES string of the molecule is CCOC(=O)C1CCN(C2CCC3(C=CC4=C(C3)c3ccccc3CC=C4)C2)CC1. The van der Waals surface area contributed by atoms with Crippen LogP contribution >= 0.6 is 0 Å². The molecule has 1 aromatic carbocycles. The third-order valence-corrected chi connectivity index (χ3v) is 7.75. The summed E-state index contributed by atoms with van der Waals surface area (Å²) in [6.45, 7) is 4.46. The van der Waals surface area contributed by atoms with Gasteiger partial charge in [-0.15, -0.1) is 0 Å². The Bertz CT molecular complexity index is 903.